The molecule has 6 rings (SSSR count). The number of piperidine rings is 1. The third-order valence-electron chi connectivity index (χ3n) is 9.84. The van der Waals surface area contributed by atoms with E-state index in [1.807, 2.05) is 48.2 Å². The summed E-state index contributed by atoms with van der Waals surface area (Å²) in [5, 5.41) is 13.3. The van der Waals surface area contributed by atoms with Gasteiger partial charge in [0.2, 0.25) is 17.7 Å². The second kappa shape index (κ2) is 17.1. The quantitative estimate of drug-likeness (QED) is 0.148. The number of amides is 3. The van der Waals surface area contributed by atoms with Crippen LogP contribution < -0.4 is 30.7 Å². The van der Waals surface area contributed by atoms with E-state index in [1.54, 1.807) is 39.6 Å². The molecule has 2 aliphatic rings. The van der Waals surface area contributed by atoms with E-state index in [1.165, 1.54) is 0 Å². The number of anilines is 1. The van der Waals surface area contributed by atoms with E-state index in [9.17, 15) is 14.4 Å². The summed E-state index contributed by atoms with van der Waals surface area (Å²) < 4.78 is 11.3. The monoisotopic (exact) mass is 740 g/mol. The van der Waals surface area contributed by atoms with E-state index in [0.717, 1.165) is 54.6 Å². The zero-order valence-electron chi connectivity index (χ0n) is 30.4. The molecule has 0 bridgehead atoms. The topological polar surface area (TPSA) is 160 Å². The number of rotatable bonds is 13. The molecular weight excluding hydrogens is 696 g/mol. The van der Waals surface area contributed by atoms with Gasteiger partial charge in [-0.15, -0.1) is 0 Å². The minimum atomic E-state index is -0.392. The van der Waals surface area contributed by atoms with Crippen molar-refractivity contribution in [1.29, 1.82) is 0 Å². The van der Waals surface area contributed by atoms with Gasteiger partial charge in [0.05, 0.1) is 30.6 Å². The second-order valence-corrected chi connectivity index (χ2v) is 13.7. The van der Waals surface area contributed by atoms with Crippen molar-refractivity contribution in [2.24, 2.45) is 0 Å². The second-order valence-electron chi connectivity index (χ2n) is 13.3. The van der Waals surface area contributed by atoms with Crippen molar-refractivity contribution in [3.8, 4) is 34.1 Å². The van der Waals surface area contributed by atoms with Crippen LogP contribution in [-0.4, -0.2) is 83.5 Å². The molecule has 278 valence electrons. The molecule has 4 aromatic rings. The summed E-state index contributed by atoms with van der Waals surface area (Å²) >= 11 is 7.04. The first-order valence-electron chi connectivity index (χ1n) is 17.8. The van der Waals surface area contributed by atoms with Crippen molar-refractivity contribution >= 4 is 35.0 Å². The van der Waals surface area contributed by atoms with Gasteiger partial charge in [0.25, 0.3) is 5.91 Å². The van der Waals surface area contributed by atoms with Crippen LogP contribution in [0, 0.1) is 6.92 Å². The van der Waals surface area contributed by atoms with Crippen LogP contribution in [0.5, 0.6) is 11.6 Å². The number of ether oxygens (including phenoxy) is 2. The standard InChI is InChI=1S/C39H45ClN8O5/c1-23-29(6-5-7-31(23)46-38(51)33-18-34(52-3)26(21-44-33)19-41-22-28-9-11-35(50)45-28)37-36(40)30(12-15-42-37)32-10-8-25(39(47-32)53-4)20-43-27-13-16-48(17-14-27)24(2)49/h5-8,10,12,15,18,21,27-28,41,43H,9,11,13-14,16-17,19-20,22H2,1-4H3,(H,45,50)(H,46,51)/t28-/m1/s1. The molecule has 2 aliphatic heterocycles. The minimum Gasteiger partial charge on any atom is -0.496 e. The maximum absolute atomic E-state index is 13.4. The number of nitrogens with one attached hydrogen (secondary N) is 4. The van der Waals surface area contributed by atoms with Crippen molar-refractivity contribution in [1.82, 2.24) is 35.8 Å². The highest BCUT2D eigenvalue weighted by Crippen LogP contribution is 2.38. The average molecular weight is 741 g/mol. The highest BCUT2D eigenvalue weighted by molar-refractivity contribution is 6.35. The zero-order valence-corrected chi connectivity index (χ0v) is 31.2. The van der Waals surface area contributed by atoms with Crippen LogP contribution in [-0.2, 0) is 22.7 Å². The molecule has 0 unspecified atom stereocenters. The Hall–Kier alpha value is -5.11. The normalized spacial score (nSPS) is 16.0. The average Bonchev–Trinajstić information content (AvgIpc) is 3.59. The molecule has 5 heterocycles. The van der Waals surface area contributed by atoms with Crippen LogP contribution in [0.3, 0.4) is 0 Å². The van der Waals surface area contributed by atoms with Gasteiger partial charge in [-0.1, -0.05) is 29.8 Å². The van der Waals surface area contributed by atoms with E-state index in [2.05, 4.69) is 31.2 Å². The fraction of sp³-hybridized carbons (Fsp3) is 0.385. The Balaban J connectivity index is 1.14. The molecule has 0 spiro atoms. The Bertz CT molecular complexity index is 1980. The maximum Gasteiger partial charge on any atom is 0.274 e. The van der Waals surface area contributed by atoms with Gasteiger partial charge in [0.1, 0.15) is 11.4 Å². The Kier molecular flexibility index (Phi) is 12.2. The lowest BCUT2D eigenvalue weighted by Gasteiger charge is -2.31. The number of carbonyl (C=O) groups excluding carboxylic acids is 3. The predicted molar refractivity (Wildman–Crippen MR) is 203 cm³/mol. The van der Waals surface area contributed by atoms with Crippen LogP contribution >= 0.6 is 11.6 Å². The summed E-state index contributed by atoms with van der Waals surface area (Å²) in [6.45, 7) is 6.71. The van der Waals surface area contributed by atoms with Crippen molar-refractivity contribution in [2.75, 3.05) is 39.2 Å². The first kappa shape index (κ1) is 37.6. The minimum absolute atomic E-state index is 0.0736. The fourth-order valence-corrected chi connectivity index (χ4v) is 7.06. The van der Waals surface area contributed by atoms with Gasteiger partial charge < -0.3 is 35.6 Å². The molecule has 1 atom stereocenters. The molecular formula is C39H45ClN8O5. The predicted octanol–water partition coefficient (Wildman–Crippen LogP) is 4.91. The van der Waals surface area contributed by atoms with Gasteiger partial charge in [0.15, 0.2) is 0 Å². The van der Waals surface area contributed by atoms with E-state index in [0.29, 0.717) is 71.4 Å². The van der Waals surface area contributed by atoms with Crippen LogP contribution in [0.15, 0.2) is 54.9 Å². The van der Waals surface area contributed by atoms with E-state index < -0.39 is 5.91 Å². The van der Waals surface area contributed by atoms with E-state index in [4.69, 9.17) is 26.1 Å². The van der Waals surface area contributed by atoms with Crippen molar-refractivity contribution in [3.63, 3.8) is 0 Å². The number of pyridine rings is 3. The van der Waals surface area contributed by atoms with Crippen LogP contribution in [0.1, 0.15) is 59.8 Å². The summed E-state index contributed by atoms with van der Waals surface area (Å²) in [5.74, 6) is 0.835. The number of carbonyl (C=O) groups is 3. The number of halogens is 1. The molecule has 53 heavy (non-hydrogen) atoms. The van der Waals surface area contributed by atoms with Crippen molar-refractivity contribution in [2.45, 2.75) is 64.7 Å². The number of benzene rings is 1. The first-order chi connectivity index (χ1) is 25.6. The van der Waals surface area contributed by atoms with Gasteiger partial charge in [-0.25, -0.2) is 4.98 Å². The summed E-state index contributed by atoms with van der Waals surface area (Å²) in [6.07, 6.45) is 6.46. The lowest BCUT2D eigenvalue weighted by atomic mass is 10.0. The molecule has 0 radical (unpaired) electrons. The van der Waals surface area contributed by atoms with Crippen molar-refractivity contribution in [3.05, 3.63) is 82.3 Å². The van der Waals surface area contributed by atoms with Gasteiger partial charge in [-0.2, -0.15) is 0 Å². The Morgan fingerprint density at radius 2 is 1.81 bits per heavy atom. The fourth-order valence-electron chi connectivity index (χ4n) is 6.75. The van der Waals surface area contributed by atoms with E-state index >= 15 is 0 Å². The number of hydrogen-bond donors (Lipinski definition) is 4. The lowest BCUT2D eigenvalue weighted by molar-refractivity contribution is -0.130. The van der Waals surface area contributed by atoms with E-state index in [-0.39, 0.29) is 23.6 Å². The third-order valence-corrected chi connectivity index (χ3v) is 10.2. The Labute approximate surface area is 314 Å². The number of aromatic nitrogens is 3. The summed E-state index contributed by atoms with van der Waals surface area (Å²) in [4.78, 5) is 52.3. The molecule has 14 heteroatoms. The smallest absolute Gasteiger partial charge is 0.274 e. The van der Waals surface area contributed by atoms with Gasteiger partial charge in [-0.3, -0.25) is 24.4 Å². The Morgan fingerprint density at radius 1 is 1.00 bits per heavy atom. The number of hydrogen-bond acceptors (Lipinski definition) is 10. The Morgan fingerprint density at radius 3 is 2.53 bits per heavy atom. The van der Waals surface area contributed by atoms with Crippen LogP contribution in [0.25, 0.3) is 22.5 Å². The molecule has 2 saturated heterocycles. The van der Waals surface area contributed by atoms with Crippen LogP contribution in [0.4, 0.5) is 5.69 Å². The van der Waals surface area contributed by atoms with Crippen LogP contribution in [0.2, 0.25) is 5.02 Å². The largest absolute Gasteiger partial charge is 0.496 e. The summed E-state index contributed by atoms with van der Waals surface area (Å²) in [5.41, 5.74) is 5.92. The highest BCUT2D eigenvalue weighted by Gasteiger charge is 2.23. The van der Waals surface area contributed by atoms with Gasteiger partial charge in [0, 0.05) is 105 Å². The van der Waals surface area contributed by atoms with Gasteiger partial charge in [-0.05, 0) is 49.9 Å². The first-order valence-corrected chi connectivity index (χ1v) is 18.1. The third kappa shape index (κ3) is 8.93. The lowest BCUT2D eigenvalue weighted by Crippen LogP contribution is -2.44. The maximum atomic E-state index is 13.4. The highest BCUT2D eigenvalue weighted by atomic mass is 35.5. The molecule has 0 aliphatic carbocycles. The van der Waals surface area contributed by atoms with Crippen molar-refractivity contribution < 1.29 is 23.9 Å². The number of likely N-dealkylation sites (tertiary alicyclic amines) is 1. The number of nitrogens with zero attached hydrogens (tertiary/aromatic N) is 4. The SMILES string of the molecule is COc1cc(C(=O)Nc2cccc(-c3nccc(-c4ccc(CNC5CCN(C(C)=O)CC5)c(OC)n4)c3Cl)c2C)ncc1CNC[C@H]1CCC(=O)N1. The summed E-state index contributed by atoms with van der Waals surface area (Å²) in [6, 6.07) is 13.3. The molecule has 2 fully saturated rings. The zero-order chi connectivity index (χ0) is 37.5. The van der Waals surface area contributed by atoms with Gasteiger partial charge >= 0.3 is 0 Å². The molecule has 0 saturated carbocycles. The molecule has 3 aromatic heterocycles. The molecule has 1 aromatic carbocycles. The molecule has 13 nitrogen and oxygen atoms in total. The summed E-state index contributed by atoms with van der Waals surface area (Å²) in [7, 11) is 3.15. The number of methoxy groups -OCH3 is 2. The molecule has 3 amide bonds. The molecule has 4 N–H and O–H groups in total.